The minimum absolute atomic E-state index is 0.294. The molecule has 4 nitrogen and oxygen atoms in total. The van der Waals surface area contributed by atoms with Crippen LogP contribution in [0.1, 0.15) is 31.2 Å². The maximum Gasteiger partial charge on any atom is 0.191 e. The van der Waals surface area contributed by atoms with Crippen molar-refractivity contribution in [2.24, 2.45) is 10.4 Å². The van der Waals surface area contributed by atoms with Crippen molar-refractivity contribution in [2.45, 2.75) is 32.1 Å². The maximum atomic E-state index is 13.6. The van der Waals surface area contributed by atoms with E-state index in [-0.39, 0.29) is 0 Å². The van der Waals surface area contributed by atoms with E-state index in [9.17, 15) is 8.78 Å². The second-order valence-electron chi connectivity index (χ2n) is 6.41. The Morgan fingerprint density at radius 1 is 1.29 bits per heavy atom. The van der Waals surface area contributed by atoms with Crippen molar-refractivity contribution >= 4 is 5.96 Å². The summed E-state index contributed by atoms with van der Waals surface area (Å²) in [4.78, 5) is 4.20. The van der Waals surface area contributed by atoms with E-state index >= 15 is 0 Å². The van der Waals surface area contributed by atoms with E-state index in [1.807, 2.05) is 0 Å². The molecular formula is C18H27F2N3O. The minimum atomic E-state index is -0.805. The maximum absolute atomic E-state index is 13.6. The van der Waals surface area contributed by atoms with Crippen molar-refractivity contribution < 1.29 is 13.5 Å². The van der Waals surface area contributed by atoms with Crippen LogP contribution in [0.5, 0.6) is 0 Å². The molecule has 1 aliphatic carbocycles. The van der Waals surface area contributed by atoms with Crippen LogP contribution in [0.3, 0.4) is 0 Å². The molecule has 0 saturated heterocycles. The lowest BCUT2D eigenvalue weighted by molar-refractivity contribution is 0.0732. The fourth-order valence-corrected chi connectivity index (χ4v) is 3.06. The quantitative estimate of drug-likeness (QED) is 0.565. The average Bonchev–Trinajstić information content (AvgIpc) is 2.55. The van der Waals surface area contributed by atoms with E-state index in [2.05, 4.69) is 15.6 Å². The summed E-state index contributed by atoms with van der Waals surface area (Å²) in [6.07, 6.45) is 5.11. The predicted octanol–water partition coefficient (Wildman–Crippen LogP) is 2.88. The Morgan fingerprint density at radius 3 is 2.71 bits per heavy atom. The third-order valence-electron chi connectivity index (χ3n) is 4.82. The standard InChI is InChI=1S/C18H27F2N3O/c1-21-17(23-13-18(8-4-9-18)10-12-24-2)22-11-7-14-5-3-6-15(19)16(14)20/h3,5-6H,4,7-13H2,1-2H3,(H2,21,22,23). The van der Waals surface area contributed by atoms with Crippen LogP contribution in [0.15, 0.2) is 23.2 Å². The van der Waals surface area contributed by atoms with Gasteiger partial charge in [-0.05, 0) is 42.7 Å². The Morgan fingerprint density at radius 2 is 2.08 bits per heavy atom. The number of aliphatic imine (C=N–C) groups is 1. The van der Waals surface area contributed by atoms with Crippen molar-refractivity contribution in [1.29, 1.82) is 0 Å². The first-order valence-electron chi connectivity index (χ1n) is 8.46. The second-order valence-corrected chi connectivity index (χ2v) is 6.41. The van der Waals surface area contributed by atoms with Crippen molar-refractivity contribution in [3.05, 3.63) is 35.4 Å². The number of hydrogen-bond acceptors (Lipinski definition) is 2. The van der Waals surface area contributed by atoms with Gasteiger partial charge >= 0.3 is 0 Å². The Kier molecular flexibility index (Phi) is 6.97. The van der Waals surface area contributed by atoms with Crippen molar-refractivity contribution in [2.75, 3.05) is 33.9 Å². The molecule has 134 valence electrons. The molecule has 1 aromatic rings. The van der Waals surface area contributed by atoms with Crippen LogP contribution in [0.25, 0.3) is 0 Å². The first kappa shape index (κ1) is 18.6. The van der Waals surface area contributed by atoms with E-state index in [0.717, 1.165) is 25.6 Å². The number of hydrogen-bond donors (Lipinski definition) is 2. The molecule has 6 heteroatoms. The summed E-state index contributed by atoms with van der Waals surface area (Å²) >= 11 is 0. The summed E-state index contributed by atoms with van der Waals surface area (Å²) in [5.41, 5.74) is 0.663. The van der Waals surface area contributed by atoms with Gasteiger partial charge in [0, 0.05) is 33.9 Å². The van der Waals surface area contributed by atoms with Gasteiger partial charge in [0.05, 0.1) is 0 Å². The fraction of sp³-hybridized carbons (Fsp3) is 0.611. The third-order valence-corrected chi connectivity index (χ3v) is 4.82. The van der Waals surface area contributed by atoms with Crippen molar-refractivity contribution in [1.82, 2.24) is 10.6 Å². The van der Waals surface area contributed by atoms with Crippen LogP contribution < -0.4 is 10.6 Å². The lowest BCUT2D eigenvalue weighted by Gasteiger charge is -2.42. The van der Waals surface area contributed by atoms with Crippen LogP contribution in [-0.4, -0.2) is 39.8 Å². The van der Waals surface area contributed by atoms with E-state index in [0.29, 0.717) is 29.9 Å². The zero-order valence-corrected chi connectivity index (χ0v) is 14.5. The molecular weight excluding hydrogens is 312 g/mol. The summed E-state index contributed by atoms with van der Waals surface area (Å²) in [5.74, 6) is -0.884. The van der Waals surface area contributed by atoms with Gasteiger partial charge in [-0.2, -0.15) is 0 Å². The van der Waals surface area contributed by atoms with Crippen LogP contribution in [0.4, 0.5) is 8.78 Å². The van der Waals surface area contributed by atoms with E-state index in [4.69, 9.17) is 4.74 Å². The number of nitrogens with one attached hydrogen (secondary N) is 2. The smallest absolute Gasteiger partial charge is 0.191 e. The van der Waals surface area contributed by atoms with Gasteiger partial charge in [0.15, 0.2) is 17.6 Å². The van der Waals surface area contributed by atoms with E-state index in [1.165, 1.54) is 25.3 Å². The molecule has 2 rings (SSSR count). The first-order chi connectivity index (χ1) is 11.6. The molecule has 1 saturated carbocycles. The van der Waals surface area contributed by atoms with Crippen LogP contribution >= 0.6 is 0 Å². The molecule has 24 heavy (non-hydrogen) atoms. The summed E-state index contributed by atoms with van der Waals surface area (Å²) in [7, 11) is 3.44. The zero-order chi connectivity index (χ0) is 17.4. The summed E-state index contributed by atoms with van der Waals surface area (Å²) in [6.45, 7) is 2.11. The monoisotopic (exact) mass is 339 g/mol. The normalized spacial score (nSPS) is 16.6. The summed E-state index contributed by atoms with van der Waals surface area (Å²) < 4.78 is 32.0. The Hall–Kier alpha value is -1.69. The summed E-state index contributed by atoms with van der Waals surface area (Å²) in [5, 5.41) is 6.51. The number of halogens is 2. The lowest BCUT2D eigenvalue weighted by atomic mass is 9.67. The molecule has 0 spiro atoms. The lowest BCUT2D eigenvalue weighted by Crippen LogP contribution is -2.47. The number of guanidine groups is 1. The van der Waals surface area contributed by atoms with Gasteiger partial charge in [-0.1, -0.05) is 18.6 Å². The highest BCUT2D eigenvalue weighted by molar-refractivity contribution is 5.79. The molecule has 1 fully saturated rings. The van der Waals surface area contributed by atoms with Crippen molar-refractivity contribution in [3.63, 3.8) is 0 Å². The third kappa shape index (κ3) is 4.90. The number of benzene rings is 1. The molecule has 1 aliphatic rings. The second kappa shape index (κ2) is 8.97. The van der Waals surface area contributed by atoms with Gasteiger partial charge in [-0.3, -0.25) is 4.99 Å². The number of nitrogens with zero attached hydrogens (tertiary/aromatic N) is 1. The predicted molar refractivity (Wildman–Crippen MR) is 92.2 cm³/mol. The van der Waals surface area contributed by atoms with Crippen LogP contribution in [0.2, 0.25) is 0 Å². The van der Waals surface area contributed by atoms with Crippen molar-refractivity contribution in [3.8, 4) is 0 Å². The Labute approximate surface area is 142 Å². The van der Waals surface area contributed by atoms with Gasteiger partial charge < -0.3 is 15.4 Å². The van der Waals surface area contributed by atoms with Gasteiger partial charge in [0.1, 0.15) is 0 Å². The Balaban J connectivity index is 1.77. The molecule has 0 heterocycles. The molecule has 0 amide bonds. The van der Waals surface area contributed by atoms with Gasteiger partial charge in [0.2, 0.25) is 0 Å². The number of rotatable bonds is 8. The SMILES string of the molecule is CN=C(NCCc1cccc(F)c1F)NCC1(CCOC)CCC1. The highest BCUT2D eigenvalue weighted by Crippen LogP contribution is 2.43. The average molecular weight is 339 g/mol. The topological polar surface area (TPSA) is 45.7 Å². The molecule has 2 N–H and O–H groups in total. The molecule has 0 radical (unpaired) electrons. The first-order valence-corrected chi connectivity index (χ1v) is 8.46. The highest BCUT2D eigenvalue weighted by atomic mass is 19.2. The van der Waals surface area contributed by atoms with Gasteiger partial charge in [0.25, 0.3) is 0 Å². The highest BCUT2D eigenvalue weighted by Gasteiger charge is 2.36. The van der Waals surface area contributed by atoms with Crippen LogP contribution in [0, 0.1) is 17.0 Å². The van der Waals surface area contributed by atoms with Crippen LogP contribution in [-0.2, 0) is 11.2 Å². The molecule has 0 unspecified atom stereocenters. The fourth-order valence-electron chi connectivity index (χ4n) is 3.06. The molecule has 0 aliphatic heterocycles. The molecule has 0 bridgehead atoms. The van der Waals surface area contributed by atoms with E-state index < -0.39 is 11.6 Å². The Bertz CT molecular complexity index is 559. The largest absolute Gasteiger partial charge is 0.385 e. The number of ether oxygens (including phenoxy) is 1. The number of methoxy groups -OCH3 is 1. The zero-order valence-electron chi connectivity index (χ0n) is 14.5. The molecule has 1 aromatic carbocycles. The van der Waals surface area contributed by atoms with E-state index in [1.54, 1.807) is 20.2 Å². The molecule has 0 atom stereocenters. The molecule has 0 aromatic heterocycles. The summed E-state index contributed by atoms with van der Waals surface area (Å²) in [6, 6.07) is 4.26. The minimum Gasteiger partial charge on any atom is -0.385 e. The van der Waals surface area contributed by atoms with Gasteiger partial charge in [-0.25, -0.2) is 8.78 Å². The van der Waals surface area contributed by atoms with Gasteiger partial charge in [-0.15, -0.1) is 0 Å².